The molecule has 7 nitrogen and oxygen atoms in total. The first-order valence-electron chi connectivity index (χ1n) is 9.86. The molecule has 2 aliphatic rings. The van der Waals surface area contributed by atoms with Gasteiger partial charge in [0.05, 0.1) is 5.69 Å². The number of anilines is 1. The third-order valence-corrected chi connectivity index (χ3v) is 5.40. The summed E-state index contributed by atoms with van der Waals surface area (Å²) < 4.78 is 13.1. The van der Waals surface area contributed by atoms with E-state index in [1.165, 1.54) is 42.1 Å². The van der Waals surface area contributed by atoms with Crippen LogP contribution >= 0.6 is 0 Å². The maximum Gasteiger partial charge on any atom is 0.267 e. The van der Waals surface area contributed by atoms with Crippen LogP contribution in [-0.4, -0.2) is 54.6 Å². The van der Waals surface area contributed by atoms with Crippen LogP contribution in [0.2, 0.25) is 0 Å². The summed E-state index contributed by atoms with van der Waals surface area (Å²) in [7, 11) is 0. The van der Waals surface area contributed by atoms with Crippen molar-refractivity contribution in [1.29, 1.82) is 0 Å². The molecular weight excluding hydrogens is 361 g/mol. The van der Waals surface area contributed by atoms with Gasteiger partial charge in [-0.2, -0.15) is 5.10 Å². The lowest BCUT2D eigenvalue weighted by molar-refractivity contribution is -0.119. The van der Waals surface area contributed by atoms with E-state index < -0.39 is 11.9 Å². The molecule has 2 amide bonds. The quantitative estimate of drug-likeness (QED) is 0.691. The lowest BCUT2D eigenvalue weighted by Gasteiger charge is -2.30. The summed E-state index contributed by atoms with van der Waals surface area (Å²) in [6.45, 7) is 6.05. The summed E-state index contributed by atoms with van der Waals surface area (Å²) in [5, 5.41) is 8.54. The van der Waals surface area contributed by atoms with Crippen LogP contribution in [0, 0.1) is 11.7 Å². The van der Waals surface area contributed by atoms with E-state index in [4.69, 9.17) is 5.73 Å². The molecule has 2 aliphatic heterocycles. The fourth-order valence-electron chi connectivity index (χ4n) is 3.59. The Kier molecular flexibility index (Phi) is 6.61. The normalized spacial score (nSPS) is 20.9. The molecule has 1 atom stereocenters. The predicted molar refractivity (Wildman–Crippen MR) is 106 cm³/mol. The maximum absolute atomic E-state index is 13.1. The number of halogens is 1. The van der Waals surface area contributed by atoms with Gasteiger partial charge in [0.2, 0.25) is 5.91 Å². The second kappa shape index (κ2) is 9.14. The first-order chi connectivity index (χ1) is 13.4. The summed E-state index contributed by atoms with van der Waals surface area (Å²) in [6.07, 6.45) is 3.48. The van der Waals surface area contributed by atoms with Gasteiger partial charge in [-0.25, -0.2) is 4.39 Å². The minimum atomic E-state index is -0.749. The molecule has 1 saturated heterocycles. The number of hydrazone groups is 1. The van der Waals surface area contributed by atoms with Crippen LogP contribution in [0.25, 0.3) is 0 Å². The van der Waals surface area contributed by atoms with Crippen LogP contribution < -0.4 is 16.1 Å². The van der Waals surface area contributed by atoms with Crippen molar-refractivity contribution in [3.8, 4) is 0 Å². The molecule has 3 N–H and O–H groups in total. The zero-order chi connectivity index (χ0) is 20.1. The SMILES string of the molecule is CC1CCN(CCCNC(=O)C2=NN(c3ccc(F)cc3)[C@@H](C(N)=O)C2)CC1. The number of hydrogen-bond donors (Lipinski definition) is 2. The fraction of sp³-hybridized carbons (Fsp3) is 0.550. The van der Waals surface area contributed by atoms with Gasteiger partial charge in [0.25, 0.3) is 5.91 Å². The van der Waals surface area contributed by atoms with Crippen LogP contribution in [0.15, 0.2) is 29.4 Å². The molecule has 0 spiro atoms. The van der Waals surface area contributed by atoms with Crippen molar-refractivity contribution in [1.82, 2.24) is 10.2 Å². The number of nitrogens with one attached hydrogen (secondary N) is 1. The summed E-state index contributed by atoms with van der Waals surface area (Å²) in [6, 6.07) is 4.83. The van der Waals surface area contributed by atoms with Crippen molar-refractivity contribution < 1.29 is 14.0 Å². The van der Waals surface area contributed by atoms with Gasteiger partial charge in [-0.05, 0) is 69.1 Å². The smallest absolute Gasteiger partial charge is 0.267 e. The Hall–Kier alpha value is -2.48. The number of nitrogens with zero attached hydrogens (tertiary/aromatic N) is 3. The lowest BCUT2D eigenvalue weighted by atomic mass is 9.99. The maximum atomic E-state index is 13.1. The van der Waals surface area contributed by atoms with E-state index in [0.717, 1.165) is 32.0 Å². The molecule has 1 fully saturated rings. The zero-order valence-electron chi connectivity index (χ0n) is 16.2. The molecule has 0 aromatic heterocycles. The number of likely N-dealkylation sites (tertiary alicyclic amines) is 1. The fourth-order valence-corrected chi connectivity index (χ4v) is 3.59. The first-order valence-corrected chi connectivity index (χ1v) is 9.86. The minimum Gasteiger partial charge on any atom is -0.368 e. The van der Waals surface area contributed by atoms with Gasteiger partial charge < -0.3 is 16.0 Å². The Morgan fingerprint density at radius 3 is 2.57 bits per heavy atom. The van der Waals surface area contributed by atoms with Crippen LogP contribution in [0.1, 0.15) is 32.6 Å². The van der Waals surface area contributed by atoms with Crippen molar-refractivity contribution in [3.05, 3.63) is 30.1 Å². The Labute approximate surface area is 164 Å². The molecular formula is C20H28FN5O2. The van der Waals surface area contributed by atoms with E-state index in [1.807, 2.05) is 0 Å². The van der Waals surface area contributed by atoms with E-state index in [-0.39, 0.29) is 23.9 Å². The highest BCUT2D eigenvalue weighted by Gasteiger charge is 2.34. The van der Waals surface area contributed by atoms with E-state index in [0.29, 0.717) is 12.2 Å². The topological polar surface area (TPSA) is 91.0 Å². The summed E-state index contributed by atoms with van der Waals surface area (Å²) in [5.74, 6) is -0.444. The third kappa shape index (κ3) is 5.07. The highest BCUT2D eigenvalue weighted by Crippen LogP contribution is 2.25. The Morgan fingerprint density at radius 1 is 1.25 bits per heavy atom. The molecule has 0 unspecified atom stereocenters. The van der Waals surface area contributed by atoms with E-state index in [1.54, 1.807) is 0 Å². The number of carbonyl (C=O) groups is 2. The molecule has 0 radical (unpaired) electrons. The van der Waals surface area contributed by atoms with Gasteiger partial charge in [0.15, 0.2) is 0 Å². The number of rotatable bonds is 7. The largest absolute Gasteiger partial charge is 0.368 e. The molecule has 2 heterocycles. The predicted octanol–water partition coefficient (Wildman–Crippen LogP) is 1.48. The van der Waals surface area contributed by atoms with E-state index in [2.05, 4.69) is 22.2 Å². The second-order valence-corrected chi connectivity index (χ2v) is 7.62. The number of primary amides is 1. The monoisotopic (exact) mass is 389 g/mol. The zero-order valence-corrected chi connectivity index (χ0v) is 16.2. The van der Waals surface area contributed by atoms with Crippen LogP contribution in [0.4, 0.5) is 10.1 Å². The number of nitrogens with two attached hydrogens (primary N) is 1. The van der Waals surface area contributed by atoms with Gasteiger partial charge >= 0.3 is 0 Å². The molecule has 0 bridgehead atoms. The number of carbonyl (C=O) groups excluding carboxylic acids is 2. The van der Waals surface area contributed by atoms with Crippen LogP contribution in [-0.2, 0) is 9.59 Å². The number of hydrogen-bond acceptors (Lipinski definition) is 5. The molecule has 0 saturated carbocycles. The second-order valence-electron chi connectivity index (χ2n) is 7.62. The summed E-state index contributed by atoms with van der Waals surface area (Å²) in [4.78, 5) is 26.6. The highest BCUT2D eigenvalue weighted by atomic mass is 19.1. The number of benzene rings is 1. The Balaban J connectivity index is 1.52. The first kappa shape index (κ1) is 20.3. The molecule has 3 rings (SSSR count). The molecule has 1 aromatic rings. The van der Waals surface area contributed by atoms with Crippen molar-refractivity contribution in [3.63, 3.8) is 0 Å². The van der Waals surface area contributed by atoms with Crippen LogP contribution in [0.5, 0.6) is 0 Å². The number of piperidine rings is 1. The van der Waals surface area contributed by atoms with Gasteiger partial charge in [0.1, 0.15) is 17.6 Å². The van der Waals surface area contributed by atoms with Gasteiger partial charge in [-0.15, -0.1) is 0 Å². The average molecular weight is 389 g/mol. The highest BCUT2D eigenvalue weighted by molar-refractivity contribution is 6.40. The number of amides is 2. The van der Waals surface area contributed by atoms with Crippen LogP contribution in [0.3, 0.4) is 0 Å². The summed E-state index contributed by atoms with van der Waals surface area (Å²) in [5.41, 5.74) is 6.25. The molecule has 0 aliphatic carbocycles. The molecule has 1 aromatic carbocycles. The summed E-state index contributed by atoms with van der Waals surface area (Å²) >= 11 is 0. The average Bonchev–Trinajstić information content (AvgIpc) is 3.13. The lowest BCUT2D eigenvalue weighted by Crippen LogP contribution is -2.40. The molecule has 28 heavy (non-hydrogen) atoms. The van der Waals surface area contributed by atoms with Crippen molar-refractivity contribution in [2.75, 3.05) is 31.2 Å². The van der Waals surface area contributed by atoms with Gasteiger partial charge in [-0.3, -0.25) is 14.6 Å². The van der Waals surface area contributed by atoms with Gasteiger partial charge in [0, 0.05) is 13.0 Å². The standard InChI is InChI=1S/C20H28FN5O2/c1-14-7-11-25(12-8-14)10-2-9-23-20(28)17-13-18(19(22)27)26(24-17)16-5-3-15(21)4-6-16/h3-6,14,18H,2,7-13H2,1H3,(H2,22,27)(H,23,28)/t18-/m1/s1. The molecule has 152 valence electrons. The molecule has 8 heteroatoms. The minimum absolute atomic E-state index is 0.141. The third-order valence-electron chi connectivity index (χ3n) is 5.40. The Morgan fingerprint density at radius 2 is 1.93 bits per heavy atom. The van der Waals surface area contributed by atoms with Gasteiger partial charge in [-0.1, -0.05) is 6.92 Å². The Bertz CT molecular complexity index is 729. The van der Waals surface area contributed by atoms with Crippen molar-refractivity contribution in [2.24, 2.45) is 16.8 Å². The van der Waals surface area contributed by atoms with Crippen molar-refractivity contribution in [2.45, 2.75) is 38.6 Å². The van der Waals surface area contributed by atoms with E-state index in [9.17, 15) is 14.0 Å². The van der Waals surface area contributed by atoms with E-state index >= 15 is 0 Å². The van der Waals surface area contributed by atoms with Crippen molar-refractivity contribution >= 4 is 23.2 Å².